The zero-order chi connectivity index (χ0) is 41.0. The lowest BCUT2D eigenvalue weighted by Gasteiger charge is -2.27. The molecule has 2 nitrogen and oxygen atoms in total. The fraction of sp³-hybridized carbons (Fsp3) is 0. The molecule has 1 heterocycles. The largest absolute Gasteiger partial charge is 0.455 e. The highest BCUT2D eigenvalue weighted by Crippen LogP contribution is 2.48. The molecule has 0 saturated carbocycles. The van der Waals surface area contributed by atoms with Crippen LogP contribution in [0.3, 0.4) is 0 Å². The van der Waals surface area contributed by atoms with Crippen molar-refractivity contribution in [2.75, 3.05) is 4.90 Å². The van der Waals surface area contributed by atoms with Crippen molar-refractivity contribution >= 4 is 71.3 Å². The van der Waals surface area contributed by atoms with Crippen molar-refractivity contribution in [2.24, 2.45) is 0 Å². The summed E-state index contributed by atoms with van der Waals surface area (Å²) in [5, 5.41) is 9.53. The standard InChI is InChI=1S/C60H39NO/c1-2-13-40(14-3-1)41-25-27-42(28-26-41)43-29-33-47(34-30-43)61(48-35-31-45(32-36-48)50-23-12-17-44-15-4-6-18-49(44)50)57-38-37-54(60-59(57)55-22-10-11-24-58(55)62-60)56-39-46-16-5-7-19-51(46)52-20-8-9-21-53(52)56/h1-39H. The van der Waals surface area contributed by atoms with Crippen molar-refractivity contribution in [3.63, 3.8) is 0 Å². The van der Waals surface area contributed by atoms with Gasteiger partial charge < -0.3 is 9.32 Å². The summed E-state index contributed by atoms with van der Waals surface area (Å²) in [4.78, 5) is 2.39. The Hall–Kier alpha value is -8.20. The van der Waals surface area contributed by atoms with E-state index in [0.717, 1.165) is 55.7 Å². The summed E-state index contributed by atoms with van der Waals surface area (Å²) in [6.07, 6.45) is 0. The molecule has 0 bridgehead atoms. The van der Waals surface area contributed by atoms with E-state index in [0.29, 0.717) is 0 Å². The average molecular weight is 790 g/mol. The van der Waals surface area contributed by atoms with E-state index in [1.165, 1.54) is 60.1 Å². The molecule has 1 aromatic heterocycles. The molecule has 0 fully saturated rings. The molecule has 290 valence electrons. The Balaban J connectivity index is 1.04. The third kappa shape index (κ3) is 6.04. The lowest BCUT2D eigenvalue weighted by atomic mass is 9.92. The van der Waals surface area contributed by atoms with Gasteiger partial charge in [0.25, 0.3) is 0 Å². The van der Waals surface area contributed by atoms with Crippen LogP contribution in [0.25, 0.3) is 98.8 Å². The van der Waals surface area contributed by atoms with Crippen molar-refractivity contribution in [2.45, 2.75) is 0 Å². The molecule has 0 aliphatic rings. The summed E-state index contributed by atoms with van der Waals surface area (Å²) in [5.74, 6) is 0. The Labute approximate surface area is 360 Å². The van der Waals surface area contributed by atoms with Gasteiger partial charge in [-0.1, -0.05) is 188 Å². The molecule has 12 aromatic rings. The van der Waals surface area contributed by atoms with E-state index in [4.69, 9.17) is 4.42 Å². The van der Waals surface area contributed by atoms with E-state index >= 15 is 0 Å². The average Bonchev–Trinajstić information content (AvgIpc) is 3.75. The maximum absolute atomic E-state index is 6.97. The second-order valence-corrected chi connectivity index (χ2v) is 16.0. The van der Waals surface area contributed by atoms with E-state index in [1.807, 2.05) is 0 Å². The first kappa shape index (κ1) is 35.7. The number of para-hydroxylation sites is 1. The van der Waals surface area contributed by atoms with E-state index < -0.39 is 0 Å². The normalized spacial score (nSPS) is 11.5. The maximum atomic E-state index is 6.97. The van der Waals surface area contributed by atoms with Gasteiger partial charge in [-0.05, 0) is 120 Å². The van der Waals surface area contributed by atoms with Gasteiger partial charge in [0.2, 0.25) is 0 Å². The SMILES string of the molecule is c1ccc(-c2ccc(-c3ccc(N(c4ccc(-c5cccc6ccccc56)cc4)c4ccc(-c5cc6ccccc6c6ccccc56)c5oc6ccccc6c45)cc3)cc2)cc1. The number of anilines is 3. The molecule has 62 heavy (non-hydrogen) atoms. The highest BCUT2D eigenvalue weighted by molar-refractivity contribution is 6.21. The molecular formula is C60H39NO. The Morgan fingerprint density at radius 2 is 0.806 bits per heavy atom. The minimum Gasteiger partial charge on any atom is -0.455 e. The summed E-state index contributed by atoms with van der Waals surface area (Å²) >= 11 is 0. The van der Waals surface area contributed by atoms with Crippen LogP contribution in [0.1, 0.15) is 0 Å². The fourth-order valence-electron chi connectivity index (χ4n) is 9.47. The van der Waals surface area contributed by atoms with Crippen LogP contribution in [-0.2, 0) is 0 Å². The van der Waals surface area contributed by atoms with Crippen LogP contribution in [0.4, 0.5) is 17.1 Å². The topological polar surface area (TPSA) is 16.4 Å². The van der Waals surface area contributed by atoms with Crippen LogP contribution >= 0.6 is 0 Å². The van der Waals surface area contributed by atoms with Gasteiger partial charge in [-0.3, -0.25) is 0 Å². The molecule has 0 radical (unpaired) electrons. The van der Waals surface area contributed by atoms with Gasteiger partial charge in [-0.25, -0.2) is 0 Å². The monoisotopic (exact) mass is 789 g/mol. The van der Waals surface area contributed by atoms with Gasteiger partial charge in [0, 0.05) is 22.3 Å². The van der Waals surface area contributed by atoms with Gasteiger partial charge >= 0.3 is 0 Å². The van der Waals surface area contributed by atoms with Crippen molar-refractivity contribution in [3.8, 4) is 44.5 Å². The highest BCUT2D eigenvalue weighted by Gasteiger charge is 2.23. The second kappa shape index (κ2) is 14.8. The predicted octanol–water partition coefficient (Wildman–Crippen LogP) is 17.2. The Morgan fingerprint density at radius 1 is 0.290 bits per heavy atom. The van der Waals surface area contributed by atoms with Gasteiger partial charge in [-0.15, -0.1) is 0 Å². The minimum absolute atomic E-state index is 0.863. The molecule has 0 unspecified atom stereocenters. The molecule has 0 aliphatic carbocycles. The first-order valence-electron chi connectivity index (χ1n) is 21.2. The van der Waals surface area contributed by atoms with E-state index in [2.05, 4.69) is 241 Å². The van der Waals surface area contributed by atoms with E-state index in [9.17, 15) is 0 Å². The molecule has 12 rings (SSSR count). The number of nitrogens with zero attached hydrogens (tertiary/aromatic N) is 1. The van der Waals surface area contributed by atoms with Crippen molar-refractivity contribution in [3.05, 3.63) is 237 Å². The third-order valence-electron chi connectivity index (χ3n) is 12.5. The van der Waals surface area contributed by atoms with E-state index in [1.54, 1.807) is 0 Å². The number of hydrogen-bond acceptors (Lipinski definition) is 2. The van der Waals surface area contributed by atoms with Crippen LogP contribution in [0, 0.1) is 0 Å². The van der Waals surface area contributed by atoms with Crippen LogP contribution in [0.2, 0.25) is 0 Å². The number of benzene rings is 11. The molecule has 2 heteroatoms. The second-order valence-electron chi connectivity index (χ2n) is 16.0. The third-order valence-corrected chi connectivity index (χ3v) is 12.5. The van der Waals surface area contributed by atoms with Crippen LogP contribution in [0.15, 0.2) is 241 Å². The van der Waals surface area contributed by atoms with Crippen molar-refractivity contribution in [1.82, 2.24) is 0 Å². The zero-order valence-corrected chi connectivity index (χ0v) is 33.9. The number of furan rings is 1. The van der Waals surface area contributed by atoms with Gasteiger partial charge in [0.1, 0.15) is 11.2 Å². The first-order chi connectivity index (χ1) is 30.7. The molecule has 0 atom stereocenters. The smallest absolute Gasteiger partial charge is 0.145 e. The summed E-state index contributed by atoms with van der Waals surface area (Å²) in [6.45, 7) is 0. The number of fused-ring (bicyclic) bond motifs is 7. The number of rotatable bonds is 7. The summed E-state index contributed by atoms with van der Waals surface area (Å²) in [5.41, 5.74) is 14.3. The van der Waals surface area contributed by atoms with Gasteiger partial charge in [-0.2, -0.15) is 0 Å². The highest BCUT2D eigenvalue weighted by atomic mass is 16.3. The molecule has 0 spiro atoms. The summed E-state index contributed by atoms with van der Waals surface area (Å²) in [6, 6.07) is 85.3. The molecule has 0 aliphatic heterocycles. The van der Waals surface area contributed by atoms with Crippen LogP contribution < -0.4 is 4.90 Å². The van der Waals surface area contributed by atoms with Crippen LogP contribution in [0.5, 0.6) is 0 Å². The minimum atomic E-state index is 0.863. The summed E-state index contributed by atoms with van der Waals surface area (Å²) in [7, 11) is 0. The quantitative estimate of drug-likeness (QED) is 0.150. The Morgan fingerprint density at radius 3 is 1.52 bits per heavy atom. The molecule has 11 aromatic carbocycles. The van der Waals surface area contributed by atoms with Crippen molar-refractivity contribution in [1.29, 1.82) is 0 Å². The lowest BCUT2D eigenvalue weighted by Crippen LogP contribution is -2.10. The van der Waals surface area contributed by atoms with Crippen LogP contribution in [-0.4, -0.2) is 0 Å². The molecule has 0 saturated heterocycles. The zero-order valence-electron chi connectivity index (χ0n) is 33.9. The first-order valence-corrected chi connectivity index (χ1v) is 21.2. The maximum Gasteiger partial charge on any atom is 0.145 e. The van der Waals surface area contributed by atoms with E-state index in [-0.39, 0.29) is 0 Å². The fourth-order valence-corrected chi connectivity index (χ4v) is 9.47. The van der Waals surface area contributed by atoms with Gasteiger partial charge in [0.05, 0.1) is 11.1 Å². The molecule has 0 N–H and O–H groups in total. The van der Waals surface area contributed by atoms with Crippen molar-refractivity contribution < 1.29 is 4.42 Å². The molecule has 0 amide bonds. The molecular weight excluding hydrogens is 751 g/mol. The lowest BCUT2D eigenvalue weighted by molar-refractivity contribution is 0.670. The summed E-state index contributed by atoms with van der Waals surface area (Å²) < 4.78 is 6.97. The number of hydrogen-bond donors (Lipinski definition) is 0. The Bertz CT molecular complexity index is 3600. The Kier molecular flexibility index (Phi) is 8.53. The van der Waals surface area contributed by atoms with Gasteiger partial charge in [0.15, 0.2) is 0 Å². The predicted molar refractivity (Wildman–Crippen MR) is 263 cm³/mol.